The van der Waals surface area contributed by atoms with Crippen molar-refractivity contribution < 1.29 is 18.7 Å². The van der Waals surface area contributed by atoms with Gasteiger partial charge in [0.05, 0.1) is 29.3 Å². The Bertz CT molecular complexity index is 1360. The first-order chi connectivity index (χ1) is 16.2. The maximum Gasteiger partial charge on any atom is 0.262 e. The van der Waals surface area contributed by atoms with Crippen molar-refractivity contribution in [2.75, 3.05) is 13.4 Å². The number of benzene rings is 2. The quantitative estimate of drug-likeness (QED) is 0.313. The molecular weight excluding hydrogens is 444 g/mol. The van der Waals surface area contributed by atoms with Crippen LogP contribution in [0.4, 0.5) is 0 Å². The van der Waals surface area contributed by atoms with E-state index in [9.17, 15) is 4.79 Å². The number of hydrogen-bond donors (Lipinski definition) is 0. The normalized spacial score (nSPS) is 17.2. The molecule has 10 heteroatoms. The van der Waals surface area contributed by atoms with Crippen LogP contribution < -0.4 is 15.0 Å². The van der Waals surface area contributed by atoms with Gasteiger partial charge in [0.15, 0.2) is 16.7 Å². The summed E-state index contributed by atoms with van der Waals surface area (Å²) < 4.78 is 23.8. The molecule has 2 aromatic carbocycles. The Kier molecular flexibility index (Phi) is 5.23. The Hall–Kier alpha value is -3.37. The molecule has 2 aromatic heterocycles. The Balaban J connectivity index is 1.33. The maximum atomic E-state index is 13.4. The van der Waals surface area contributed by atoms with Gasteiger partial charge in [-0.1, -0.05) is 47.3 Å². The molecule has 0 radical (unpaired) electrons. The van der Waals surface area contributed by atoms with Gasteiger partial charge in [-0.3, -0.25) is 9.36 Å². The number of hydrogen-bond acceptors (Lipinski definition) is 9. The van der Waals surface area contributed by atoms with E-state index in [2.05, 4.69) is 10.1 Å². The summed E-state index contributed by atoms with van der Waals surface area (Å²) in [7, 11) is 0. The second kappa shape index (κ2) is 8.53. The first-order valence-electron chi connectivity index (χ1n) is 10.7. The summed E-state index contributed by atoms with van der Waals surface area (Å²) in [5, 5.41) is 5.13. The van der Waals surface area contributed by atoms with Crippen molar-refractivity contribution in [2.45, 2.75) is 36.4 Å². The van der Waals surface area contributed by atoms with Crippen molar-refractivity contribution in [3.63, 3.8) is 0 Å². The number of nitrogens with zero attached hydrogens (tertiary/aromatic N) is 4. The van der Waals surface area contributed by atoms with Gasteiger partial charge in [0.1, 0.15) is 0 Å². The number of rotatable bonds is 6. The molecule has 168 valence electrons. The average molecular weight is 465 g/mol. The van der Waals surface area contributed by atoms with Crippen LogP contribution in [-0.2, 0) is 17.0 Å². The van der Waals surface area contributed by atoms with Crippen molar-refractivity contribution >= 4 is 22.7 Å². The standard InChI is InChI=1S/C23H20N4O5S/c28-22-16-9-18-19(31-13-30-18)10-17(16)24-23(27(22)11-15-7-4-8-29-15)33-12-20-25-21(26-32-20)14-5-2-1-3-6-14/h1-3,5-6,9-10,15H,4,7-8,11-13H2. The molecular formula is C23H20N4O5S. The van der Waals surface area contributed by atoms with Crippen molar-refractivity contribution in [3.05, 3.63) is 58.7 Å². The van der Waals surface area contributed by atoms with E-state index in [1.165, 1.54) is 11.8 Å². The van der Waals surface area contributed by atoms with Crippen LogP contribution in [0.25, 0.3) is 22.3 Å². The molecule has 4 heterocycles. The minimum absolute atomic E-state index is 0.0107. The van der Waals surface area contributed by atoms with Crippen LogP contribution in [0.15, 0.2) is 56.9 Å². The van der Waals surface area contributed by atoms with Crippen LogP contribution in [0.3, 0.4) is 0 Å². The fraction of sp³-hybridized carbons (Fsp3) is 0.304. The van der Waals surface area contributed by atoms with Crippen molar-refractivity contribution in [1.82, 2.24) is 19.7 Å². The van der Waals surface area contributed by atoms with E-state index in [1.54, 1.807) is 16.7 Å². The van der Waals surface area contributed by atoms with Crippen LogP contribution >= 0.6 is 11.8 Å². The maximum absolute atomic E-state index is 13.4. The van der Waals surface area contributed by atoms with Gasteiger partial charge in [-0.15, -0.1) is 0 Å². The SMILES string of the molecule is O=c1c2cc3c(cc2nc(SCc2nc(-c4ccccc4)no2)n1CC1CCCO1)OCO3. The fourth-order valence-electron chi connectivity index (χ4n) is 4.00. The van der Waals surface area contributed by atoms with E-state index < -0.39 is 0 Å². The van der Waals surface area contributed by atoms with Gasteiger partial charge in [-0.2, -0.15) is 4.98 Å². The Morgan fingerprint density at radius 2 is 1.94 bits per heavy atom. The Labute approximate surface area is 192 Å². The smallest absolute Gasteiger partial charge is 0.262 e. The van der Waals surface area contributed by atoms with Crippen LogP contribution in [-0.4, -0.2) is 39.2 Å². The zero-order valence-corrected chi connectivity index (χ0v) is 18.4. The van der Waals surface area contributed by atoms with Crippen LogP contribution in [0.2, 0.25) is 0 Å². The number of fused-ring (bicyclic) bond motifs is 2. The summed E-state index contributed by atoms with van der Waals surface area (Å²) in [6, 6.07) is 13.1. The molecule has 0 amide bonds. The van der Waals surface area contributed by atoms with Gasteiger partial charge in [0, 0.05) is 18.2 Å². The van der Waals surface area contributed by atoms with Gasteiger partial charge in [-0.05, 0) is 18.9 Å². The van der Waals surface area contributed by atoms with Gasteiger partial charge >= 0.3 is 0 Å². The summed E-state index contributed by atoms with van der Waals surface area (Å²) in [6.45, 7) is 1.29. The molecule has 0 bridgehead atoms. The van der Waals surface area contributed by atoms with E-state index in [1.807, 2.05) is 30.3 Å². The zero-order valence-electron chi connectivity index (χ0n) is 17.6. The monoisotopic (exact) mass is 464 g/mol. The summed E-state index contributed by atoms with van der Waals surface area (Å²) in [5.41, 5.74) is 1.31. The molecule has 0 N–H and O–H groups in total. The molecule has 1 saturated heterocycles. The largest absolute Gasteiger partial charge is 0.454 e. The van der Waals surface area contributed by atoms with E-state index in [0.717, 1.165) is 18.4 Å². The number of thioether (sulfide) groups is 1. The van der Waals surface area contributed by atoms with Gasteiger partial charge in [0.25, 0.3) is 5.56 Å². The second-order valence-corrected chi connectivity index (χ2v) is 8.78. The first-order valence-corrected chi connectivity index (χ1v) is 11.7. The number of ether oxygens (including phenoxy) is 3. The third kappa shape index (κ3) is 3.96. The van der Waals surface area contributed by atoms with Gasteiger partial charge in [-0.25, -0.2) is 4.98 Å². The average Bonchev–Trinajstić information content (AvgIpc) is 3.61. The lowest BCUT2D eigenvalue weighted by Gasteiger charge is -2.16. The summed E-state index contributed by atoms with van der Waals surface area (Å²) in [5.74, 6) is 2.52. The van der Waals surface area contributed by atoms with Crippen molar-refractivity contribution in [3.8, 4) is 22.9 Å². The van der Waals surface area contributed by atoms with E-state index >= 15 is 0 Å². The highest BCUT2D eigenvalue weighted by Gasteiger charge is 2.23. The third-order valence-corrected chi connectivity index (χ3v) is 6.61. The van der Waals surface area contributed by atoms with Crippen LogP contribution in [0, 0.1) is 0 Å². The first kappa shape index (κ1) is 20.3. The van der Waals surface area contributed by atoms with Gasteiger partial charge in [0.2, 0.25) is 18.5 Å². The summed E-state index contributed by atoms with van der Waals surface area (Å²) >= 11 is 1.38. The highest BCUT2D eigenvalue weighted by atomic mass is 32.2. The molecule has 2 aliphatic rings. The lowest BCUT2D eigenvalue weighted by atomic mass is 10.2. The van der Waals surface area contributed by atoms with Crippen LogP contribution in [0.5, 0.6) is 11.5 Å². The number of aromatic nitrogens is 4. The minimum atomic E-state index is -0.133. The predicted molar refractivity (Wildman–Crippen MR) is 120 cm³/mol. The topological polar surface area (TPSA) is 102 Å². The Morgan fingerprint density at radius 3 is 2.76 bits per heavy atom. The molecule has 1 fully saturated rings. The molecule has 33 heavy (non-hydrogen) atoms. The molecule has 6 rings (SSSR count). The highest BCUT2D eigenvalue weighted by Crippen LogP contribution is 2.35. The molecule has 0 spiro atoms. The molecule has 1 atom stereocenters. The lowest BCUT2D eigenvalue weighted by Crippen LogP contribution is -2.28. The molecule has 0 aliphatic carbocycles. The predicted octanol–water partition coefficient (Wildman–Crippen LogP) is 3.65. The van der Waals surface area contributed by atoms with E-state index in [-0.39, 0.29) is 18.5 Å². The molecule has 4 aromatic rings. The molecule has 1 unspecified atom stereocenters. The van der Waals surface area contributed by atoms with E-state index in [0.29, 0.717) is 58.2 Å². The second-order valence-electron chi connectivity index (χ2n) is 7.83. The summed E-state index contributed by atoms with van der Waals surface area (Å²) in [6.07, 6.45) is 1.90. The molecule has 0 saturated carbocycles. The zero-order chi connectivity index (χ0) is 22.2. The van der Waals surface area contributed by atoms with E-state index in [4.69, 9.17) is 23.7 Å². The Morgan fingerprint density at radius 1 is 1.09 bits per heavy atom. The molecule has 9 nitrogen and oxygen atoms in total. The van der Waals surface area contributed by atoms with Crippen LogP contribution in [0.1, 0.15) is 18.7 Å². The fourth-order valence-corrected chi connectivity index (χ4v) is 4.84. The highest BCUT2D eigenvalue weighted by molar-refractivity contribution is 7.98. The van der Waals surface area contributed by atoms with Gasteiger partial charge < -0.3 is 18.7 Å². The minimum Gasteiger partial charge on any atom is -0.454 e. The lowest BCUT2D eigenvalue weighted by molar-refractivity contribution is 0.0937. The molecule has 2 aliphatic heterocycles. The van der Waals surface area contributed by atoms with Crippen molar-refractivity contribution in [1.29, 1.82) is 0 Å². The third-order valence-electron chi connectivity index (χ3n) is 5.65. The van der Waals surface area contributed by atoms with Crippen molar-refractivity contribution in [2.24, 2.45) is 0 Å². The summed E-state index contributed by atoms with van der Waals surface area (Å²) in [4.78, 5) is 22.7.